The quantitative estimate of drug-likeness (QED) is 0.569. The van der Waals surface area contributed by atoms with Crippen LogP contribution in [0.4, 0.5) is 0 Å². The van der Waals surface area contributed by atoms with Crippen LogP contribution in [0, 0.1) is 41.4 Å². The van der Waals surface area contributed by atoms with Gasteiger partial charge in [0.25, 0.3) is 0 Å². The van der Waals surface area contributed by atoms with Crippen molar-refractivity contribution in [3.05, 3.63) is 12.2 Å². The van der Waals surface area contributed by atoms with Crippen molar-refractivity contribution in [3.8, 4) is 0 Å². The third-order valence-electron chi connectivity index (χ3n) is 6.81. The molecule has 128 valence electrons. The van der Waals surface area contributed by atoms with E-state index in [0.717, 1.165) is 5.57 Å². The molecule has 4 aliphatic carbocycles. The van der Waals surface area contributed by atoms with Crippen LogP contribution in [-0.4, -0.2) is 29.4 Å². The molecule has 4 unspecified atom stereocenters. The minimum Gasteiger partial charge on any atom is -0.461 e. The normalized spacial score (nSPS) is 46.3. The first kappa shape index (κ1) is 15.7. The molecule has 5 nitrogen and oxygen atoms in total. The third kappa shape index (κ3) is 1.93. The smallest absolute Gasteiger partial charge is 0.309 e. The van der Waals surface area contributed by atoms with Crippen molar-refractivity contribution in [2.75, 3.05) is 0 Å². The number of Topliss-reactive ketones (excluding diaryl/α,β-unsaturated/α-hetero) is 3. The topological polar surface area (TPSA) is 77.5 Å². The zero-order valence-electron chi connectivity index (χ0n) is 14.0. The molecule has 5 aliphatic rings. The van der Waals surface area contributed by atoms with Gasteiger partial charge in [-0.1, -0.05) is 12.2 Å². The Balaban J connectivity index is 1.85. The molecule has 4 saturated carbocycles. The van der Waals surface area contributed by atoms with Gasteiger partial charge in [0, 0.05) is 30.6 Å². The van der Waals surface area contributed by atoms with Crippen LogP contribution in [0.3, 0.4) is 0 Å². The highest BCUT2D eigenvalue weighted by Gasteiger charge is 2.67. The van der Waals surface area contributed by atoms with Crippen molar-refractivity contribution in [2.24, 2.45) is 41.4 Å². The van der Waals surface area contributed by atoms with Gasteiger partial charge in [-0.25, -0.2) is 0 Å². The molecule has 1 heterocycles. The fourth-order valence-electron chi connectivity index (χ4n) is 5.82. The number of hydrogen-bond donors (Lipinski definition) is 0. The maximum Gasteiger partial charge on any atom is 0.309 e. The summed E-state index contributed by atoms with van der Waals surface area (Å²) in [4.78, 5) is 50.5. The van der Waals surface area contributed by atoms with Gasteiger partial charge in [-0.2, -0.15) is 0 Å². The second-order valence-electron chi connectivity index (χ2n) is 8.06. The minimum absolute atomic E-state index is 0.0184. The van der Waals surface area contributed by atoms with Gasteiger partial charge in [0.1, 0.15) is 23.5 Å². The summed E-state index contributed by atoms with van der Waals surface area (Å²) >= 11 is 0. The summed E-state index contributed by atoms with van der Waals surface area (Å²) in [5.74, 6) is -3.07. The predicted molar refractivity (Wildman–Crippen MR) is 83.7 cm³/mol. The zero-order valence-corrected chi connectivity index (χ0v) is 14.0. The van der Waals surface area contributed by atoms with E-state index in [9.17, 15) is 19.2 Å². The molecule has 5 rings (SSSR count). The number of hydrogen-bond acceptors (Lipinski definition) is 5. The third-order valence-corrected chi connectivity index (χ3v) is 6.81. The first-order valence-corrected chi connectivity index (χ1v) is 8.73. The van der Waals surface area contributed by atoms with E-state index in [4.69, 9.17) is 4.74 Å². The lowest BCUT2D eigenvalue weighted by Gasteiger charge is -2.41. The molecule has 0 aromatic carbocycles. The number of esters is 1. The van der Waals surface area contributed by atoms with Gasteiger partial charge in [0.15, 0.2) is 0 Å². The van der Waals surface area contributed by atoms with Crippen LogP contribution in [0.1, 0.15) is 33.1 Å². The first-order chi connectivity index (χ1) is 11.3. The van der Waals surface area contributed by atoms with Gasteiger partial charge in [-0.15, -0.1) is 0 Å². The minimum atomic E-state index is -0.648. The summed E-state index contributed by atoms with van der Waals surface area (Å²) in [5, 5.41) is 0. The fraction of sp³-hybridized carbons (Fsp3) is 0.684. The van der Waals surface area contributed by atoms with E-state index in [0.29, 0.717) is 12.8 Å². The van der Waals surface area contributed by atoms with Crippen molar-refractivity contribution in [1.82, 2.24) is 0 Å². The summed E-state index contributed by atoms with van der Waals surface area (Å²) in [6, 6.07) is 0. The first-order valence-electron chi connectivity index (χ1n) is 8.73. The molecular weight excluding hydrogens is 308 g/mol. The summed E-state index contributed by atoms with van der Waals surface area (Å²) in [6.45, 7) is 7.33. The van der Waals surface area contributed by atoms with Crippen LogP contribution < -0.4 is 0 Å². The average molecular weight is 330 g/mol. The Bertz CT molecular complexity index is 677. The van der Waals surface area contributed by atoms with Crippen LogP contribution in [0.5, 0.6) is 0 Å². The van der Waals surface area contributed by atoms with Crippen molar-refractivity contribution in [1.29, 1.82) is 0 Å². The van der Waals surface area contributed by atoms with Gasteiger partial charge >= 0.3 is 5.97 Å². The Morgan fingerprint density at radius 2 is 1.67 bits per heavy atom. The molecule has 5 fully saturated rings. The second-order valence-corrected chi connectivity index (χ2v) is 8.06. The molecular formula is C19H22O5. The van der Waals surface area contributed by atoms with E-state index in [2.05, 4.69) is 6.58 Å². The Hall–Kier alpha value is -1.78. The highest BCUT2D eigenvalue weighted by atomic mass is 16.6. The molecule has 0 aromatic rings. The lowest BCUT2D eigenvalue weighted by atomic mass is 9.61. The molecule has 0 N–H and O–H groups in total. The predicted octanol–water partition coefficient (Wildman–Crippen LogP) is 1.74. The Morgan fingerprint density at radius 1 is 1.00 bits per heavy atom. The lowest BCUT2D eigenvalue weighted by molar-refractivity contribution is -0.161. The monoisotopic (exact) mass is 330 g/mol. The summed E-state index contributed by atoms with van der Waals surface area (Å²) < 4.78 is 5.56. The number of allylic oxidation sites excluding steroid dienone is 1. The van der Waals surface area contributed by atoms with Crippen LogP contribution in [-0.2, 0) is 23.9 Å². The summed E-state index contributed by atoms with van der Waals surface area (Å²) in [5.41, 5.74) is 0.941. The van der Waals surface area contributed by atoms with E-state index in [1.165, 1.54) is 6.92 Å². The number of fused-ring (bicyclic) bond motifs is 1. The Morgan fingerprint density at radius 3 is 2.29 bits per heavy atom. The van der Waals surface area contributed by atoms with E-state index in [1.54, 1.807) is 0 Å². The SMILES string of the molecule is C=C(C)[C@H]1CC(=O)C2C(C1)C1C(=O)O[C@@H]3C1CC(=O)[C@H]2[C@H]3C(C)=O. The van der Waals surface area contributed by atoms with E-state index in [-0.39, 0.29) is 47.5 Å². The zero-order chi connectivity index (χ0) is 17.3. The Labute approximate surface area is 140 Å². The summed E-state index contributed by atoms with van der Waals surface area (Å²) in [7, 11) is 0. The standard InChI is InChI=1S/C19H22O5/c1-7(2)9-4-10-15-11-6-13(22)17(16(10)12(21)5-9)14(8(3)20)18(11)24-19(15)23/h9-11,14-18H,1,4-6H2,2-3H3/t9-,10?,11?,14-,15?,16?,17+,18-/m1/s1. The van der Waals surface area contributed by atoms with Crippen molar-refractivity contribution < 1.29 is 23.9 Å². The van der Waals surface area contributed by atoms with Crippen LogP contribution in [0.2, 0.25) is 0 Å². The molecule has 1 aliphatic heterocycles. The summed E-state index contributed by atoms with van der Waals surface area (Å²) in [6.07, 6.45) is 0.781. The maximum absolute atomic E-state index is 12.9. The van der Waals surface area contributed by atoms with Gasteiger partial charge in [0.2, 0.25) is 0 Å². The fourth-order valence-corrected chi connectivity index (χ4v) is 5.82. The van der Waals surface area contributed by atoms with E-state index < -0.39 is 29.8 Å². The number of rotatable bonds is 2. The molecule has 0 spiro atoms. The van der Waals surface area contributed by atoms with Crippen molar-refractivity contribution in [2.45, 2.75) is 39.2 Å². The molecule has 0 aromatic heterocycles. The molecule has 8 atom stereocenters. The second kappa shape index (κ2) is 5.11. The molecule has 1 saturated heterocycles. The van der Waals surface area contributed by atoms with Crippen molar-refractivity contribution in [3.63, 3.8) is 0 Å². The number of carbonyl (C=O) groups excluding carboxylic acids is 4. The van der Waals surface area contributed by atoms with Gasteiger partial charge < -0.3 is 4.74 Å². The highest BCUT2D eigenvalue weighted by molar-refractivity contribution is 5.98. The number of ether oxygens (including phenoxy) is 1. The highest BCUT2D eigenvalue weighted by Crippen LogP contribution is 2.58. The number of ketones is 3. The molecule has 24 heavy (non-hydrogen) atoms. The van der Waals surface area contributed by atoms with Crippen molar-refractivity contribution >= 4 is 23.3 Å². The largest absolute Gasteiger partial charge is 0.461 e. The van der Waals surface area contributed by atoms with Crippen LogP contribution in [0.15, 0.2) is 12.2 Å². The van der Waals surface area contributed by atoms with Gasteiger partial charge in [0.05, 0.1) is 11.8 Å². The van der Waals surface area contributed by atoms with E-state index in [1.807, 2.05) is 6.92 Å². The number of carbonyl (C=O) groups is 4. The van der Waals surface area contributed by atoms with Crippen LogP contribution in [0.25, 0.3) is 0 Å². The molecule has 5 heteroatoms. The van der Waals surface area contributed by atoms with Crippen LogP contribution >= 0.6 is 0 Å². The van der Waals surface area contributed by atoms with Gasteiger partial charge in [-0.05, 0) is 32.1 Å². The van der Waals surface area contributed by atoms with Gasteiger partial charge in [-0.3, -0.25) is 19.2 Å². The average Bonchev–Trinajstić information content (AvgIpc) is 2.66. The molecule has 4 bridgehead atoms. The van der Waals surface area contributed by atoms with E-state index >= 15 is 0 Å². The molecule has 0 amide bonds. The lowest BCUT2D eigenvalue weighted by Crippen LogP contribution is -2.50. The Kier molecular flexibility index (Phi) is 3.35. The molecule has 0 radical (unpaired) electrons. The maximum atomic E-state index is 12.9.